The van der Waals surface area contributed by atoms with Crippen LogP contribution in [-0.4, -0.2) is 18.4 Å². The van der Waals surface area contributed by atoms with E-state index in [0.717, 1.165) is 27.4 Å². The summed E-state index contributed by atoms with van der Waals surface area (Å²) in [6.07, 6.45) is 0. The number of fused-ring (bicyclic) bond motifs is 4. The van der Waals surface area contributed by atoms with E-state index in [4.69, 9.17) is 4.74 Å². The van der Waals surface area contributed by atoms with Crippen LogP contribution in [0.25, 0.3) is 10.4 Å². The van der Waals surface area contributed by atoms with Crippen molar-refractivity contribution < 1.29 is 14.3 Å². The number of para-hydroxylation sites is 3. The fraction of sp³-hybridized carbons (Fsp3) is 0.100. The van der Waals surface area contributed by atoms with Crippen LogP contribution < -0.4 is 15.0 Å². The molecular weight excluding hydrogens is 348 g/mol. The summed E-state index contributed by atoms with van der Waals surface area (Å²) < 4.78 is 5.78. The molecule has 5 rings (SSSR count). The molecule has 0 saturated carbocycles. The van der Waals surface area contributed by atoms with Crippen LogP contribution in [0.3, 0.4) is 0 Å². The van der Waals surface area contributed by atoms with Crippen LogP contribution in [0.15, 0.2) is 54.6 Å². The monoisotopic (exact) mass is 362 g/mol. The van der Waals surface area contributed by atoms with Gasteiger partial charge in [0.25, 0.3) is 5.91 Å². The molecule has 2 aliphatic rings. The summed E-state index contributed by atoms with van der Waals surface area (Å²) in [5, 5.41) is 2.81. The Hall–Kier alpha value is -3.12. The summed E-state index contributed by atoms with van der Waals surface area (Å²) in [4.78, 5) is 28.4. The van der Waals surface area contributed by atoms with Gasteiger partial charge in [0.2, 0.25) is 5.91 Å². The van der Waals surface area contributed by atoms with Crippen molar-refractivity contribution >= 4 is 34.5 Å². The highest BCUT2D eigenvalue weighted by Crippen LogP contribution is 2.43. The lowest BCUT2D eigenvalue weighted by Crippen LogP contribution is -2.41. The smallest absolute Gasteiger partial charge is 0.268 e. The van der Waals surface area contributed by atoms with E-state index < -0.39 is 0 Å². The second-order valence-corrected chi connectivity index (χ2v) is 7.26. The summed E-state index contributed by atoms with van der Waals surface area (Å²) >= 11 is 1.45. The molecule has 0 spiro atoms. The number of rotatable bonds is 1. The molecule has 0 atom stereocenters. The van der Waals surface area contributed by atoms with Gasteiger partial charge >= 0.3 is 0 Å². The Morgan fingerprint density at radius 1 is 1.12 bits per heavy atom. The molecule has 26 heavy (non-hydrogen) atoms. The van der Waals surface area contributed by atoms with Crippen LogP contribution >= 0.6 is 11.3 Å². The zero-order chi connectivity index (χ0) is 17.7. The molecule has 2 amide bonds. The third-order valence-electron chi connectivity index (χ3n) is 4.55. The van der Waals surface area contributed by atoms with Crippen molar-refractivity contribution in [3.63, 3.8) is 0 Å². The van der Waals surface area contributed by atoms with Gasteiger partial charge in [-0.25, -0.2) is 0 Å². The first kappa shape index (κ1) is 15.2. The van der Waals surface area contributed by atoms with Crippen LogP contribution in [0.4, 0.5) is 11.4 Å². The predicted molar refractivity (Wildman–Crippen MR) is 101 cm³/mol. The van der Waals surface area contributed by atoms with E-state index in [9.17, 15) is 9.59 Å². The van der Waals surface area contributed by atoms with Crippen molar-refractivity contribution in [3.05, 3.63) is 65.0 Å². The molecule has 0 bridgehead atoms. The van der Waals surface area contributed by atoms with Crippen molar-refractivity contribution in [2.75, 3.05) is 16.8 Å². The van der Waals surface area contributed by atoms with Crippen molar-refractivity contribution in [2.24, 2.45) is 0 Å². The van der Waals surface area contributed by atoms with Crippen LogP contribution in [0.2, 0.25) is 0 Å². The zero-order valence-corrected chi connectivity index (χ0v) is 14.5. The average molecular weight is 362 g/mol. The average Bonchev–Trinajstić information content (AvgIpc) is 3.11. The normalized spacial score (nSPS) is 14.6. The highest BCUT2D eigenvalue weighted by molar-refractivity contribution is 7.17. The topological polar surface area (TPSA) is 58.6 Å². The number of benzene rings is 2. The molecule has 1 aromatic heterocycles. The van der Waals surface area contributed by atoms with Crippen LogP contribution in [0.5, 0.6) is 5.75 Å². The molecule has 0 saturated heterocycles. The summed E-state index contributed by atoms with van der Waals surface area (Å²) in [7, 11) is 0. The molecule has 3 aromatic rings. The highest BCUT2D eigenvalue weighted by atomic mass is 32.1. The lowest BCUT2D eigenvalue weighted by Gasteiger charge is -2.28. The fourth-order valence-corrected chi connectivity index (χ4v) is 4.50. The van der Waals surface area contributed by atoms with Gasteiger partial charge in [-0.3, -0.25) is 14.5 Å². The van der Waals surface area contributed by atoms with Crippen LogP contribution in [0.1, 0.15) is 15.2 Å². The Bertz CT molecular complexity index is 1060. The number of ether oxygens (including phenoxy) is 1. The number of thiophene rings is 1. The first-order valence-electron chi connectivity index (χ1n) is 8.26. The summed E-state index contributed by atoms with van der Waals surface area (Å²) in [6, 6.07) is 17.1. The molecule has 2 aromatic carbocycles. The quantitative estimate of drug-likeness (QED) is 0.714. The summed E-state index contributed by atoms with van der Waals surface area (Å²) in [5.41, 5.74) is 3.40. The van der Waals surface area contributed by atoms with Gasteiger partial charge in [0.05, 0.1) is 16.3 Å². The van der Waals surface area contributed by atoms with E-state index in [1.165, 1.54) is 16.2 Å². The molecule has 5 nitrogen and oxygen atoms in total. The number of amides is 2. The van der Waals surface area contributed by atoms with Crippen LogP contribution in [-0.2, 0) is 11.4 Å². The van der Waals surface area contributed by atoms with Gasteiger partial charge in [-0.05, 0) is 30.3 Å². The van der Waals surface area contributed by atoms with Gasteiger partial charge in [-0.15, -0.1) is 11.3 Å². The number of carbonyl (C=O) groups excluding carboxylic acids is 2. The van der Waals surface area contributed by atoms with Crippen LogP contribution in [0, 0.1) is 0 Å². The number of hydrogen-bond acceptors (Lipinski definition) is 4. The van der Waals surface area contributed by atoms with Gasteiger partial charge < -0.3 is 10.1 Å². The van der Waals surface area contributed by atoms with Gasteiger partial charge in [0.15, 0.2) is 0 Å². The number of nitrogens with zero attached hydrogens (tertiary/aromatic N) is 1. The minimum atomic E-state index is -0.188. The third-order valence-corrected chi connectivity index (χ3v) is 5.75. The molecule has 0 radical (unpaired) electrons. The largest absolute Gasteiger partial charge is 0.488 e. The molecule has 3 heterocycles. The first-order chi connectivity index (χ1) is 12.7. The Morgan fingerprint density at radius 2 is 1.92 bits per heavy atom. The second-order valence-electron chi connectivity index (χ2n) is 6.21. The molecule has 1 N–H and O–H groups in total. The number of nitrogens with one attached hydrogen (secondary N) is 1. The second kappa shape index (κ2) is 5.71. The Kier molecular flexibility index (Phi) is 3.33. The van der Waals surface area contributed by atoms with E-state index in [2.05, 4.69) is 5.32 Å². The van der Waals surface area contributed by atoms with E-state index in [1.54, 1.807) is 6.07 Å². The SMILES string of the molecule is O=C1CN(C(=O)c2cc3c(s2)-c2ccccc2OC3)c2ccccc2N1. The minimum Gasteiger partial charge on any atom is -0.488 e. The Labute approximate surface area is 153 Å². The maximum Gasteiger partial charge on any atom is 0.268 e. The number of anilines is 2. The van der Waals surface area contributed by atoms with E-state index in [1.807, 2.05) is 48.5 Å². The molecular formula is C20H14N2O3S. The van der Waals surface area contributed by atoms with Crippen molar-refractivity contribution in [1.29, 1.82) is 0 Å². The Balaban J connectivity index is 1.56. The maximum atomic E-state index is 13.2. The Morgan fingerprint density at radius 3 is 2.85 bits per heavy atom. The first-order valence-corrected chi connectivity index (χ1v) is 9.08. The summed E-state index contributed by atoms with van der Waals surface area (Å²) in [6.45, 7) is 0.471. The number of hydrogen-bond donors (Lipinski definition) is 1. The molecule has 2 aliphatic heterocycles. The van der Waals surface area contributed by atoms with Gasteiger partial charge in [-0.1, -0.05) is 24.3 Å². The lowest BCUT2D eigenvalue weighted by molar-refractivity contribution is -0.115. The summed E-state index contributed by atoms with van der Waals surface area (Å²) in [5.74, 6) is 0.486. The van der Waals surface area contributed by atoms with Crippen molar-refractivity contribution in [3.8, 4) is 16.2 Å². The molecule has 0 unspecified atom stereocenters. The van der Waals surface area contributed by atoms with Gasteiger partial charge in [-0.2, -0.15) is 0 Å². The maximum absolute atomic E-state index is 13.2. The molecule has 6 heteroatoms. The zero-order valence-electron chi connectivity index (χ0n) is 13.7. The third kappa shape index (κ3) is 2.30. The molecule has 0 aliphatic carbocycles. The highest BCUT2D eigenvalue weighted by Gasteiger charge is 2.30. The van der Waals surface area contributed by atoms with Gasteiger partial charge in [0.1, 0.15) is 18.9 Å². The van der Waals surface area contributed by atoms with E-state index in [-0.39, 0.29) is 18.4 Å². The minimum absolute atomic E-state index is 0.0193. The molecule has 128 valence electrons. The standard InChI is InChI=1S/C20H14N2O3S/c23-18-10-22(15-7-3-2-6-14(15)21-18)20(24)17-9-12-11-25-16-8-4-1-5-13(16)19(12)26-17/h1-9H,10-11H2,(H,21,23). The fourth-order valence-electron chi connectivity index (χ4n) is 3.35. The van der Waals surface area contributed by atoms with Crippen molar-refractivity contribution in [1.82, 2.24) is 0 Å². The lowest BCUT2D eigenvalue weighted by atomic mass is 10.1. The van der Waals surface area contributed by atoms with Gasteiger partial charge in [0, 0.05) is 16.0 Å². The number of carbonyl (C=O) groups is 2. The van der Waals surface area contributed by atoms with E-state index in [0.29, 0.717) is 17.2 Å². The molecule has 0 fully saturated rings. The van der Waals surface area contributed by atoms with E-state index >= 15 is 0 Å². The predicted octanol–water partition coefficient (Wildman–Crippen LogP) is 3.91. The van der Waals surface area contributed by atoms with Crippen molar-refractivity contribution in [2.45, 2.75) is 6.61 Å².